The molecule has 7 heteroatoms. The molecule has 1 aliphatic heterocycles. The van der Waals surface area contributed by atoms with Crippen molar-refractivity contribution in [3.05, 3.63) is 0 Å². The number of terminal acetylenes is 1. The normalized spacial score (nSPS) is 31.4. The smallest absolute Gasteiger partial charge is 0.307 e. The van der Waals surface area contributed by atoms with Gasteiger partial charge in [-0.25, -0.2) is 8.42 Å². The Balaban J connectivity index is 2.07. The molecule has 2 rings (SSSR count). The van der Waals surface area contributed by atoms with Gasteiger partial charge in [-0.05, 0) is 12.8 Å². The van der Waals surface area contributed by atoms with E-state index in [1.165, 1.54) is 4.90 Å². The minimum atomic E-state index is -3.11. The molecule has 0 aromatic rings. The van der Waals surface area contributed by atoms with Gasteiger partial charge in [-0.2, -0.15) is 0 Å². The van der Waals surface area contributed by atoms with E-state index in [-0.39, 0.29) is 24.0 Å². The maximum Gasteiger partial charge on any atom is 0.307 e. The van der Waals surface area contributed by atoms with Gasteiger partial charge >= 0.3 is 5.97 Å². The minimum Gasteiger partial charge on any atom is -0.481 e. The average molecular weight is 285 g/mol. The average Bonchev–Trinajstić information content (AvgIpc) is 3.05. The van der Waals surface area contributed by atoms with Crippen LogP contribution in [0.25, 0.3) is 0 Å². The SMILES string of the molecule is C#CCN(C(=O)C1CC1C(=O)O)C1CCS(=O)(=O)C1. The number of hydrogen-bond donors (Lipinski definition) is 1. The van der Waals surface area contributed by atoms with Gasteiger partial charge in [-0.15, -0.1) is 6.42 Å². The van der Waals surface area contributed by atoms with Crippen LogP contribution in [0.3, 0.4) is 0 Å². The predicted molar refractivity (Wildman–Crippen MR) is 66.8 cm³/mol. The number of carbonyl (C=O) groups is 2. The zero-order valence-corrected chi connectivity index (χ0v) is 11.1. The van der Waals surface area contributed by atoms with E-state index in [2.05, 4.69) is 5.92 Å². The molecular weight excluding hydrogens is 270 g/mol. The van der Waals surface area contributed by atoms with Gasteiger partial charge in [-0.3, -0.25) is 9.59 Å². The van der Waals surface area contributed by atoms with E-state index in [9.17, 15) is 18.0 Å². The van der Waals surface area contributed by atoms with Crippen LogP contribution in [-0.2, 0) is 19.4 Å². The number of rotatable bonds is 4. The van der Waals surface area contributed by atoms with Gasteiger partial charge in [0.05, 0.1) is 29.9 Å². The van der Waals surface area contributed by atoms with E-state index in [0.717, 1.165) is 0 Å². The fraction of sp³-hybridized carbons (Fsp3) is 0.667. The summed E-state index contributed by atoms with van der Waals surface area (Å²) >= 11 is 0. The summed E-state index contributed by atoms with van der Waals surface area (Å²) in [7, 11) is -3.11. The van der Waals surface area contributed by atoms with Gasteiger partial charge in [-0.1, -0.05) is 5.92 Å². The first-order valence-electron chi connectivity index (χ1n) is 6.03. The first-order chi connectivity index (χ1) is 8.85. The van der Waals surface area contributed by atoms with Crippen LogP contribution >= 0.6 is 0 Å². The zero-order chi connectivity index (χ0) is 14.2. The molecule has 1 N–H and O–H groups in total. The van der Waals surface area contributed by atoms with Gasteiger partial charge in [0.2, 0.25) is 5.91 Å². The highest BCUT2D eigenvalue weighted by atomic mass is 32.2. The monoisotopic (exact) mass is 285 g/mol. The first kappa shape index (κ1) is 13.9. The molecule has 2 fully saturated rings. The van der Waals surface area contributed by atoms with Crippen LogP contribution in [0.15, 0.2) is 0 Å². The molecule has 0 spiro atoms. The molecule has 3 atom stereocenters. The molecule has 0 bridgehead atoms. The number of carboxylic acids is 1. The van der Waals surface area contributed by atoms with Gasteiger partial charge in [0, 0.05) is 6.04 Å². The summed E-state index contributed by atoms with van der Waals surface area (Å²) < 4.78 is 22.9. The van der Waals surface area contributed by atoms with Crippen LogP contribution in [0.4, 0.5) is 0 Å². The number of amides is 1. The standard InChI is InChI=1S/C12H15NO5S/c1-2-4-13(8-3-5-19(17,18)7-8)11(14)9-6-10(9)12(15)16/h1,8-10H,3-7H2,(H,15,16). The quantitative estimate of drug-likeness (QED) is 0.693. The van der Waals surface area contributed by atoms with Crippen molar-refractivity contribution < 1.29 is 23.1 Å². The van der Waals surface area contributed by atoms with Crippen LogP contribution in [0.5, 0.6) is 0 Å². The summed E-state index contributed by atoms with van der Waals surface area (Å²) in [6, 6.07) is -0.413. The molecule has 1 aliphatic carbocycles. The lowest BCUT2D eigenvalue weighted by molar-refractivity contribution is -0.142. The molecule has 0 aromatic heterocycles. The van der Waals surface area contributed by atoms with E-state index in [4.69, 9.17) is 11.5 Å². The first-order valence-corrected chi connectivity index (χ1v) is 7.85. The maximum atomic E-state index is 12.2. The van der Waals surface area contributed by atoms with E-state index in [0.29, 0.717) is 12.8 Å². The van der Waals surface area contributed by atoms with Gasteiger partial charge in [0.15, 0.2) is 9.84 Å². The van der Waals surface area contributed by atoms with Crippen molar-refractivity contribution in [3.8, 4) is 12.3 Å². The number of hydrogen-bond acceptors (Lipinski definition) is 4. The summed E-state index contributed by atoms with van der Waals surface area (Å²) in [4.78, 5) is 24.3. The summed E-state index contributed by atoms with van der Waals surface area (Å²) in [6.07, 6.45) is 5.90. The van der Waals surface area contributed by atoms with Crippen LogP contribution in [-0.4, -0.2) is 54.4 Å². The third-order valence-corrected chi connectivity index (χ3v) is 5.37. The molecule has 19 heavy (non-hydrogen) atoms. The third kappa shape index (κ3) is 2.89. The second kappa shape index (κ2) is 4.85. The van der Waals surface area contributed by atoms with Crippen molar-refractivity contribution in [2.45, 2.75) is 18.9 Å². The fourth-order valence-electron chi connectivity index (χ4n) is 2.46. The van der Waals surface area contributed by atoms with Gasteiger partial charge in [0.25, 0.3) is 0 Å². The van der Waals surface area contributed by atoms with E-state index in [1.54, 1.807) is 0 Å². The zero-order valence-electron chi connectivity index (χ0n) is 10.3. The van der Waals surface area contributed by atoms with E-state index >= 15 is 0 Å². The molecule has 0 aromatic carbocycles. The Bertz CT molecular complexity index is 547. The van der Waals surface area contributed by atoms with Crippen molar-refractivity contribution in [3.63, 3.8) is 0 Å². The largest absolute Gasteiger partial charge is 0.481 e. The number of sulfone groups is 1. The molecule has 2 aliphatic rings. The number of aliphatic carboxylic acids is 1. The fourth-order valence-corrected chi connectivity index (χ4v) is 4.19. The highest BCUT2D eigenvalue weighted by molar-refractivity contribution is 7.91. The Kier molecular flexibility index (Phi) is 3.54. The molecular formula is C12H15NO5S. The lowest BCUT2D eigenvalue weighted by Gasteiger charge is -2.26. The molecule has 1 saturated heterocycles. The van der Waals surface area contributed by atoms with Crippen molar-refractivity contribution in [1.82, 2.24) is 4.90 Å². The molecule has 1 amide bonds. The molecule has 6 nitrogen and oxygen atoms in total. The van der Waals surface area contributed by atoms with Crippen LogP contribution in [0.2, 0.25) is 0 Å². The predicted octanol–water partition coefficient (Wildman–Crippen LogP) is -0.644. The Morgan fingerprint density at radius 2 is 2.05 bits per heavy atom. The minimum absolute atomic E-state index is 0.0296. The van der Waals surface area contributed by atoms with Crippen molar-refractivity contribution in [2.75, 3.05) is 18.1 Å². The Labute approximate surface area is 111 Å². The summed E-state index contributed by atoms with van der Waals surface area (Å²) in [5.41, 5.74) is 0. The molecule has 104 valence electrons. The van der Waals surface area contributed by atoms with E-state index < -0.39 is 33.7 Å². The van der Waals surface area contributed by atoms with Crippen LogP contribution < -0.4 is 0 Å². The molecule has 0 radical (unpaired) electrons. The highest BCUT2D eigenvalue weighted by Crippen LogP contribution is 2.40. The summed E-state index contributed by atoms with van der Waals surface area (Å²) in [6.45, 7) is 0.0296. The van der Waals surface area contributed by atoms with Crippen molar-refractivity contribution >= 4 is 21.7 Å². The maximum absolute atomic E-state index is 12.2. The van der Waals surface area contributed by atoms with Gasteiger partial charge < -0.3 is 10.0 Å². The number of nitrogens with zero attached hydrogens (tertiary/aromatic N) is 1. The van der Waals surface area contributed by atoms with Crippen LogP contribution in [0, 0.1) is 24.2 Å². The van der Waals surface area contributed by atoms with E-state index in [1.807, 2.05) is 0 Å². The lowest BCUT2D eigenvalue weighted by atomic mass is 10.2. The molecule has 1 heterocycles. The Morgan fingerprint density at radius 1 is 1.37 bits per heavy atom. The second-order valence-electron chi connectivity index (χ2n) is 5.01. The number of carbonyl (C=O) groups excluding carboxylic acids is 1. The topological polar surface area (TPSA) is 91.8 Å². The number of carboxylic acid groups (broad SMARTS) is 1. The molecule has 3 unspecified atom stereocenters. The Hall–Kier alpha value is -1.55. The molecule has 1 saturated carbocycles. The Morgan fingerprint density at radius 3 is 2.47 bits per heavy atom. The summed E-state index contributed by atoms with van der Waals surface area (Å²) in [5, 5.41) is 8.83. The highest BCUT2D eigenvalue weighted by Gasteiger charge is 2.51. The van der Waals surface area contributed by atoms with Crippen molar-refractivity contribution in [1.29, 1.82) is 0 Å². The third-order valence-electron chi connectivity index (χ3n) is 3.62. The second-order valence-corrected chi connectivity index (χ2v) is 7.24. The van der Waals surface area contributed by atoms with Crippen LogP contribution in [0.1, 0.15) is 12.8 Å². The summed E-state index contributed by atoms with van der Waals surface area (Å²) in [5.74, 6) is -0.190. The lowest BCUT2D eigenvalue weighted by Crippen LogP contribution is -2.42. The van der Waals surface area contributed by atoms with Crippen molar-refractivity contribution in [2.24, 2.45) is 11.8 Å². The van der Waals surface area contributed by atoms with Gasteiger partial charge in [0.1, 0.15) is 0 Å².